The Balaban J connectivity index is 1.67. The van der Waals surface area contributed by atoms with Gasteiger partial charge in [0.25, 0.3) is 5.91 Å². The zero-order chi connectivity index (χ0) is 14.7. The van der Waals surface area contributed by atoms with Crippen LogP contribution in [0.2, 0.25) is 0 Å². The van der Waals surface area contributed by atoms with E-state index in [0.717, 1.165) is 38.2 Å². The molecule has 2 aliphatic rings. The second-order valence-electron chi connectivity index (χ2n) is 6.55. The molecule has 3 nitrogen and oxygen atoms in total. The zero-order valence-electron chi connectivity index (χ0n) is 13.0. The van der Waals surface area contributed by atoms with Crippen molar-refractivity contribution in [2.45, 2.75) is 39.0 Å². The standard InChI is InChI=1S/C18H26N2O/c1-2-15-5-3-4-6-16(15)17(21)20-13-9-18(10-14-20)7-11-19-12-8-18/h3-6,19H,2,7-14H2,1H3. The van der Waals surface area contributed by atoms with Crippen molar-refractivity contribution < 1.29 is 4.79 Å². The third-order valence-electron chi connectivity index (χ3n) is 5.40. The minimum Gasteiger partial charge on any atom is -0.339 e. The summed E-state index contributed by atoms with van der Waals surface area (Å²) in [5, 5.41) is 3.45. The molecule has 0 saturated carbocycles. The number of carbonyl (C=O) groups excluding carboxylic acids is 1. The summed E-state index contributed by atoms with van der Waals surface area (Å²) < 4.78 is 0. The molecule has 2 aliphatic heterocycles. The first-order chi connectivity index (χ1) is 10.2. The van der Waals surface area contributed by atoms with Crippen LogP contribution < -0.4 is 5.32 Å². The van der Waals surface area contributed by atoms with Crippen LogP contribution in [-0.2, 0) is 6.42 Å². The Morgan fingerprint density at radius 2 is 1.81 bits per heavy atom. The van der Waals surface area contributed by atoms with Crippen molar-refractivity contribution >= 4 is 5.91 Å². The van der Waals surface area contributed by atoms with Gasteiger partial charge in [-0.1, -0.05) is 25.1 Å². The molecule has 0 bridgehead atoms. The lowest BCUT2D eigenvalue weighted by Crippen LogP contribution is -2.47. The van der Waals surface area contributed by atoms with Crippen LogP contribution in [0.5, 0.6) is 0 Å². The molecule has 114 valence electrons. The topological polar surface area (TPSA) is 32.3 Å². The van der Waals surface area contributed by atoms with E-state index in [1.54, 1.807) is 0 Å². The fourth-order valence-corrected chi connectivity index (χ4v) is 3.85. The van der Waals surface area contributed by atoms with E-state index in [1.165, 1.54) is 31.2 Å². The van der Waals surface area contributed by atoms with Crippen molar-refractivity contribution in [3.8, 4) is 0 Å². The van der Waals surface area contributed by atoms with Crippen molar-refractivity contribution in [1.29, 1.82) is 0 Å². The van der Waals surface area contributed by atoms with Crippen LogP contribution in [0.3, 0.4) is 0 Å². The van der Waals surface area contributed by atoms with Gasteiger partial charge in [-0.2, -0.15) is 0 Å². The van der Waals surface area contributed by atoms with E-state index in [-0.39, 0.29) is 5.91 Å². The molecular weight excluding hydrogens is 260 g/mol. The summed E-state index contributed by atoms with van der Waals surface area (Å²) >= 11 is 0. The third-order valence-corrected chi connectivity index (χ3v) is 5.40. The van der Waals surface area contributed by atoms with Gasteiger partial charge in [0.2, 0.25) is 0 Å². The Labute approximate surface area is 127 Å². The number of amides is 1. The van der Waals surface area contributed by atoms with Crippen molar-refractivity contribution in [1.82, 2.24) is 10.2 Å². The summed E-state index contributed by atoms with van der Waals surface area (Å²) in [5.74, 6) is 0.233. The Bertz CT molecular complexity index is 496. The highest BCUT2D eigenvalue weighted by Gasteiger charge is 2.36. The number of hydrogen-bond acceptors (Lipinski definition) is 2. The number of hydrogen-bond donors (Lipinski definition) is 1. The second kappa shape index (κ2) is 6.18. The molecule has 3 rings (SSSR count). The molecule has 2 fully saturated rings. The van der Waals surface area contributed by atoms with Crippen LogP contribution in [0.4, 0.5) is 0 Å². The molecule has 3 heteroatoms. The van der Waals surface area contributed by atoms with Crippen LogP contribution in [0.15, 0.2) is 24.3 Å². The summed E-state index contributed by atoms with van der Waals surface area (Å²) in [7, 11) is 0. The molecule has 21 heavy (non-hydrogen) atoms. The lowest BCUT2D eigenvalue weighted by atomic mass is 9.71. The van der Waals surface area contributed by atoms with Gasteiger partial charge in [0.05, 0.1) is 0 Å². The van der Waals surface area contributed by atoms with Gasteiger partial charge in [0, 0.05) is 18.7 Å². The first-order valence-corrected chi connectivity index (χ1v) is 8.32. The van der Waals surface area contributed by atoms with Crippen molar-refractivity contribution in [2.75, 3.05) is 26.2 Å². The van der Waals surface area contributed by atoms with Crippen LogP contribution in [-0.4, -0.2) is 37.0 Å². The Hall–Kier alpha value is -1.35. The number of benzene rings is 1. The van der Waals surface area contributed by atoms with Gasteiger partial charge in [-0.3, -0.25) is 4.79 Å². The lowest BCUT2D eigenvalue weighted by molar-refractivity contribution is 0.0495. The van der Waals surface area contributed by atoms with E-state index in [4.69, 9.17) is 0 Å². The van der Waals surface area contributed by atoms with Crippen LogP contribution >= 0.6 is 0 Å². The lowest BCUT2D eigenvalue weighted by Gasteiger charge is -2.44. The number of likely N-dealkylation sites (tertiary alicyclic amines) is 1. The number of rotatable bonds is 2. The summed E-state index contributed by atoms with van der Waals surface area (Å²) in [4.78, 5) is 14.8. The normalized spacial score (nSPS) is 21.5. The molecule has 0 aromatic heterocycles. The smallest absolute Gasteiger partial charge is 0.254 e. The largest absolute Gasteiger partial charge is 0.339 e. The second-order valence-corrected chi connectivity index (χ2v) is 6.55. The number of aryl methyl sites for hydroxylation is 1. The number of nitrogens with zero attached hydrogens (tertiary/aromatic N) is 1. The molecule has 0 radical (unpaired) electrons. The number of carbonyl (C=O) groups is 1. The zero-order valence-corrected chi connectivity index (χ0v) is 13.0. The Kier molecular flexibility index (Phi) is 4.29. The van der Waals surface area contributed by atoms with Gasteiger partial charge in [-0.05, 0) is 62.2 Å². The van der Waals surface area contributed by atoms with Gasteiger partial charge in [-0.15, -0.1) is 0 Å². The maximum Gasteiger partial charge on any atom is 0.254 e. The van der Waals surface area contributed by atoms with E-state index in [0.29, 0.717) is 5.41 Å². The molecule has 1 amide bonds. The average molecular weight is 286 g/mol. The first kappa shape index (κ1) is 14.6. The molecule has 1 spiro atoms. The predicted octanol–water partition coefficient (Wildman–Crippen LogP) is 2.85. The summed E-state index contributed by atoms with van der Waals surface area (Å²) in [6.07, 6.45) is 5.83. The van der Waals surface area contributed by atoms with Crippen molar-refractivity contribution in [3.63, 3.8) is 0 Å². The molecule has 1 N–H and O–H groups in total. The van der Waals surface area contributed by atoms with Gasteiger partial charge in [0.1, 0.15) is 0 Å². The van der Waals surface area contributed by atoms with E-state index in [1.807, 2.05) is 18.2 Å². The van der Waals surface area contributed by atoms with Gasteiger partial charge in [-0.25, -0.2) is 0 Å². The maximum atomic E-state index is 12.8. The highest BCUT2D eigenvalue weighted by atomic mass is 16.2. The van der Waals surface area contributed by atoms with Gasteiger partial charge >= 0.3 is 0 Å². The van der Waals surface area contributed by atoms with E-state index in [2.05, 4.69) is 23.2 Å². The number of piperidine rings is 2. The molecule has 0 unspecified atom stereocenters. The fraction of sp³-hybridized carbons (Fsp3) is 0.611. The fourth-order valence-electron chi connectivity index (χ4n) is 3.85. The molecule has 0 aliphatic carbocycles. The van der Waals surface area contributed by atoms with Crippen molar-refractivity contribution in [2.24, 2.45) is 5.41 Å². The highest BCUT2D eigenvalue weighted by molar-refractivity contribution is 5.95. The average Bonchev–Trinajstić information content (AvgIpc) is 2.56. The summed E-state index contributed by atoms with van der Waals surface area (Å²) in [5.41, 5.74) is 2.58. The van der Waals surface area contributed by atoms with E-state index >= 15 is 0 Å². The predicted molar refractivity (Wildman–Crippen MR) is 85.5 cm³/mol. The third kappa shape index (κ3) is 2.98. The molecule has 1 aromatic rings. The minimum absolute atomic E-state index is 0.233. The van der Waals surface area contributed by atoms with Gasteiger partial charge in [0.15, 0.2) is 0 Å². The maximum absolute atomic E-state index is 12.8. The minimum atomic E-state index is 0.233. The summed E-state index contributed by atoms with van der Waals surface area (Å²) in [6, 6.07) is 8.06. The molecule has 2 saturated heterocycles. The van der Waals surface area contributed by atoms with Crippen LogP contribution in [0.1, 0.15) is 48.5 Å². The Morgan fingerprint density at radius 1 is 1.14 bits per heavy atom. The van der Waals surface area contributed by atoms with Gasteiger partial charge < -0.3 is 10.2 Å². The highest BCUT2D eigenvalue weighted by Crippen LogP contribution is 2.39. The first-order valence-electron chi connectivity index (χ1n) is 8.32. The monoisotopic (exact) mass is 286 g/mol. The van der Waals surface area contributed by atoms with Crippen LogP contribution in [0.25, 0.3) is 0 Å². The van der Waals surface area contributed by atoms with E-state index in [9.17, 15) is 4.79 Å². The van der Waals surface area contributed by atoms with Crippen molar-refractivity contribution in [3.05, 3.63) is 35.4 Å². The van der Waals surface area contributed by atoms with Crippen LogP contribution in [0, 0.1) is 5.41 Å². The molecule has 1 aromatic carbocycles. The quantitative estimate of drug-likeness (QED) is 0.906. The molecular formula is C18H26N2O. The summed E-state index contributed by atoms with van der Waals surface area (Å²) in [6.45, 7) is 6.26. The SMILES string of the molecule is CCc1ccccc1C(=O)N1CCC2(CCNCC2)CC1. The molecule has 0 atom stereocenters. The Morgan fingerprint density at radius 3 is 2.48 bits per heavy atom. The van der Waals surface area contributed by atoms with E-state index < -0.39 is 0 Å². The number of nitrogens with one attached hydrogen (secondary N) is 1. The molecule has 2 heterocycles.